The van der Waals surface area contributed by atoms with Crippen LogP contribution in [0.15, 0.2) is 41.7 Å². The highest BCUT2D eigenvalue weighted by Crippen LogP contribution is 2.29. The minimum absolute atomic E-state index is 0.0240. The van der Waals surface area contributed by atoms with Crippen LogP contribution in [-0.2, 0) is 19.3 Å². The number of benzene rings is 1. The molecule has 0 aliphatic carbocycles. The number of nitrogens with one attached hydrogen (secondary N) is 2. The average molecular weight is 375 g/mol. The number of aliphatic imine (C=N–C) groups is 1. The van der Waals surface area contributed by atoms with Crippen LogP contribution in [0.5, 0.6) is 0 Å². The van der Waals surface area contributed by atoms with Crippen LogP contribution in [0.1, 0.15) is 30.4 Å². The van der Waals surface area contributed by atoms with Gasteiger partial charge in [-0.15, -0.1) is 0 Å². The Labute approximate surface area is 147 Å². The van der Waals surface area contributed by atoms with Gasteiger partial charge in [0.2, 0.25) is 0 Å². The Bertz CT molecular complexity index is 721. The molecule has 0 saturated heterocycles. The van der Waals surface area contributed by atoms with Gasteiger partial charge in [0.1, 0.15) is 5.82 Å². The van der Waals surface area contributed by atoms with Gasteiger partial charge in [-0.2, -0.15) is 22.0 Å². The summed E-state index contributed by atoms with van der Waals surface area (Å²) < 4.78 is 64.0. The highest BCUT2D eigenvalue weighted by Gasteiger charge is 2.29. The zero-order chi connectivity index (χ0) is 19.2. The second-order valence-electron chi connectivity index (χ2n) is 5.27. The minimum atomic E-state index is -4.38. The third kappa shape index (κ3) is 5.43. The number of halogens is 5. The molecule has 142 valence electrons. The summed E-state index contributed by atoms with van der Waals surface area (Å²) >= 11 is 0. The highest BCUT2D eigenvalue weighted by atomic mass is 19.4. The molecule has 0 aliphatic heterocycles. The SMILES string of the molecule is CCNC(=NCc1ccc(C(F)(F)F)cc1)NCc1nccn1C(F)F. The van der Waals surface area contributed by atoms with Crippen LogP contribution in [0.25, 0.3) is 0 Å². The minimum Gasteiger partial charge on any atom is -0.357 e. The molecule has 0 amide bonds. The molecule has 0 radical (unpaired) electrons. The van der Waals surface area contributed by atoms with Crippen molar-refractivity contribution in [2.75, 3.05) is 6.54 Å². The van der Waals surface area contributed by atoms with Crippen molar-refractivity contribution in [3.05, 3.63) is 53.6 Å². The monoisotopic (exact) mass is 375 g/mol. The van der Waals surface area contributed by atoms with Gasteiger partial charge >= 0.3 is 12.7 Å². The van der Waals surface area contributed by atoms with E-state index in [1.54, 1.807) is 0 Å². The van der Waals surface area contributed by atoms with Crippen molar-refractivity contribution < 1.29 is 22.0 Å². The third-order valence-electron chi connectivity index (χ3n) is 3.42. The highest BCUT2D eigenvalue weighted by molar-refractivity contribution is 5.79. The fourth-order valence-corrected chi connectivity index (χ4v) is 2.13. The molecule has 0 fully saturated rings. The topological polar surface area (TPSA) is 54.2 Å². The summed E-state index contributed by atoms with van der Waals surface area (Å²) in [7, 11) is 0. The summed E-state index contributed by atoms with van der Waals surface area (Å²) in [5.74, 6) is 0.483. The number of rotatable bonds is 6. The Morgan fingerprint density at radius 1 is 1.19 bits per heavy atom. The molecule has 1 heterocycles. The first-order valence-electron chi connectivity index (χ1n) is 7.79. The van der Waals surface area contributed by atoms with Gasteiger partial charge in [-0.05, 0) is 24.6 Å². The Morgan fingerprint density at radius 2 is 1.88 bits per heavy atom. The normalized spacial score (nSPS) is 12.5. The van der Waals surface area contributed by atoms with E-state index in [1.165, 1.54) is 24.5 Å². The molecule has 10 heteroatoms. The Balaban J connectivity index is 2.01. The van der Waals surface area contributed by atoms with Crippen LogP contribution in [0.3, 0.4) is 0 Å². The van der Waals surface area contributed by atoms with Gasteiger partial charge in [-0.3, -0.25) is 4.57 Å². The summed E-state index contributed by atoms with van der Waals surface area (Å²) in [6.07, 6.45) is -1.94. The van der Waals surface area contributed by atoms with E-state index in [0.29, 0.717) is 18.1 Å². The first-order valence-corrected chi connectivity index (χ1v) is 7.79. The number of alkyl halides is 5. The number of guanidine groups is 1. The van der Waals surface area contributed by atoms with Gasteiger partial charge in [0.15, 0.2) is 5.96 Å². The van der Waals surface area contributed by atoms with Gasteiger partial charge in [0, 0.05) is 18.9 Å². The second kappa shape index (κ2) is 8.63. The molecule has 2 N–H and O–H groups in total. The molecule has 2 rings (SSSR count). The number of imidazole rings is 1. The van der Waals surface area contributed by atoms with Gasteiger partial charge < -0.3 is 10.6 Å². The van der Waals surface area contributed by atoms with E-state index < -0.39 is 18.3 Å². The summed E-state index contributed by atoms with van der Waals surface area (Å²) in [6, 6.07) is 4.67. The van der Waals surface area contributed by atoms with Gasteiger partial charge in [-0.25, -0.2) is 9.98 Å². The maximum absolute atomic E-state index is 12.8. The van der Waals surface area contributed by atoms with E-state index >= 15 is 0 Å². The van der Waals surface area contributed by atoms with Crippen LogP contribution >= 0.6 is 0 Å². The van der Waals surface area contributed by atoms with Crippen LogP contribution < -0.4 is 10.6 Å². The quantitative estimate of drug-likeness (QED) is 0.461. The van der Waals surface area contributed by atoms with Crippen LogP contribution in [0.2, 0.25) is 0 Å². The van der Waals surface area contributed by atoms with E-state index in [9.17, 15) is 22.0 Å². The molecule has 0 saturated carbocycles. The maximum Gasteiger partial charge on any atom is 0.416 e. The molecule has 0 aliphatic rings. The first-order chi connectivity index (χ1) is 12.3. The van der Waals surface area contributed by atoms with Gasteiger partial charge in [-0.1, -0.05) is 12.1 Å². The lowest BCUT2D eigenvalue weighted by atomic mass is 10.1. The molecule has 1 aromatic heterocycles. The van der Waals surface area contributed by atoms with Crippen molar-refractivity contribution in [2.45, 2.75) is 32.7 Å². The number of aromatic nitrogens is 2. The summed E-state index contributed by atoms with van der Waals surface area (Å²) in [5.41, 5.74) is -0.140. The summed E-state index contributed by atoms with van der Waals surface area (Å²) in [4.78, 5) is 8.09. The number of nitrogens with zero attached hydrogens (tertiary/aromatic N) is 3. The largest absolute Gasteiger partial charge is 0.416 e. The predicted molar refractivity (Wildman–Crippen MR) is 86.6 cm³/mol. The van der Waals surface area contributed by atoms with Crippen LogP contribution in [0, 0.1) is 0 Å². The van der Waals surface area contributed by atoms with E-state index in [1.807, 2.05) is 6.92 Å². The lowest BCUT2D eigenvalue weighted by Crippen LogP contribution is -2.37. The maximum atomic E-state index is 12.8. The van der Waals surface area contributed by atoms with Crippen molar-refractivity contribution >= 4 is 5.96 Å². The Hall–Kier alpha value is -2.65. The average Bonchev–Trinajstić information content (AvgIpc) is 3.06. The van der Waals surface area contributed by atoms with Crippen LogP contribution in [-0.4, -0.2) is 22.1 Å². The van der Waals surface area contributed by atoms with Crippen molar-refractivity contribution in [2.24, 2.45) is 4.99 Å². The molecular formula is C16H18F5N5. The third-order valence-corrected chi connectivity index (χ3v) is 3.42. The van der Waals surface area contributed by atoms with E-state index in [4.69, 9.17) is 0 Å². The van der Waals surface area contributed by atoms with Crippen molar-refractivity contribution in [1.29, 1.82) is 0 Å². The van der Waals surface area contributed by atoms with Gasteiger partial charge in [0.05, 0.1) is 18.7 Å². The Morgan fingerprint density at radius 3 is 2.46 bits per heavy atom. The van der Waals surface area contributed by atoms with Crippen LogP contribution in [0.4, 0.5) is 22.0 Å². The fraction of sp³-hybridized carbons (Fsp3) is 0.375. The van der Waals surface area contributed by atoms with Crippen molar-refractivity contribution in [1.82, 2.24) is 20.2 Å². The summed E-state index contributed by atoms with van der Waals surface area (Å²) in [6.45, 7) is -0.175. The molecule has 26 heavy (non-hydrogen) atoms. The summed E-state index contributed by atoms with van der Waals surface area (Å²) in [5, 5.41) is 5.80. The van der Waals surface area contributed by atoms with E-state index in [0.717, 1.165) is 16.7 Å². The lowest BCUT2D eigenvalue weighted by Gasteiger charge is -2.12. The molecule has 0 unspecified atom stereocenters. The molecular weight excluding hydrogens is 357 g/mol. The molecule has 0 atom stereocenters. The number of hydrogen-bond donors (Lipinski definition) is 2. The Kier molecular flexibility index (Phi) is 6.53. The van der Waals surface area contributed by atoms with E-state index in [-0.39, 0.29) is 18.9 Å². The van der Waals surface area contributed by atoms with Crippen molar-refractivity contribution in [3.8, 4) is 0 Å². The molecule has 0 spiro atoms. The van der Waals surface area contributed by atoms with Crippen molar-refractivity contribution in [3.63, 3.8) is 0 Å². The fourth-order valence-electron chi connectivity index (χ4n) is 2.13. The molecule has 0 bridgehead atoms. The molecule has 2 aromatic rings. The smallest absolute Gasteiger partial charge is 0.357 e. The number of hydrogen-bond acceptors (Lipinski definition) is 2. The van der Waals surface area contributed by atoms with E-state index in [2.05, 4.69) is 20.6 Å². The lowest BCUT2D eigenvalue weighted by molar-refractivity contribution is -0.137. The molecule has 1 aromatic carbocycles. The molecule has 5 nitrogen and oxygen atoms in total. The standard InChI is InChI=1S/C16H18F5N5/c1-2-22-15(25-10-13-23-7-8-26(13)14(17)18)24-9-11-3-5-12(6-4-11)16(19,20)21/h3-8,14H,2,9-10H2,1H3,(H2,22,24,25). The zero-order valence-electron chi connectivity index (χ0n) is 13.9. The second-order valence-corrected chi connectivity index (χ2v) is 5.27. The van der Waals surface area contributed by atoms with Gasteiger partial charge in [0.25, 0.3) is 0 Å². The first kappa shape index (κ1) is 19.7. The predicted octanol–water partition coefficient (Wildman–Crippen LogP) is 3.55. The zero-order valence-corrected chi connectivity index (χ0v) is 13.9.